The highest BCUT2D eigenvalue weighted by molar-refractivity contribution is 4.89. The van der Waals surface area contributed by atoms with Crippen molar-refractivity contribution in [2.75, 3.05) is 26.2 Å². The highest BCUT2D eigenvalue weighted by atomic mass is 15.3. The number of hydrogen-bond donors (Lipinski definition) is 0. The molecule has 2 heterocycles. The summed E-state index contributed by atoms with van der Waals surface area (Å²) in [6, 6.07) is 1.89. The van der Waals surface area contributed by atoms with Gasteiger partial charge in [0.05, 0.1) is 0 Å². The van der Waals surface area contributed by atoms with Crippen LogP contribution < -0.4 is 0 Å². The highest BCUT2D eigenvalue weighted by Gasteiger charge is 2.32. The van der Waals surface area contributed by atoms with Crippen LogP contribution in [0.25, 0.3) is 0 Å². The fourth-order valence-electron chi connectivity index (χ4n) is 2.40. The number of rotatable bonds is 7. The minimum Gasteiger partial charge on any atom is -0.298 e. The Balaban J connectivity index is 1.41. The van der Waals surface area contributed by atoms with Crippen LogP contribution in [0.4, 0.5) is 0 Å². The first-order chi connectivity index (χ1) is 6.85. The van der Waals surface area contributed by atoms with E-state index in [0.717, 1.165) is 12.1 Å². The van der Waals surface area contributed by atoms with Crippen LogP contribution in [0.3, 0.4) is 0 Å². The average Bonchev–Trinajstić information content (AvgIpc) is 3.08. The molecule has 0 aliphatic carbocycles. The lowest BCUT2D eigenvalue weighted by Crippen LogP contribution is -2.08. The Morgan fingerprint density at radius 3 is 1.57 bits per heavy atom. The van der Waals surface area contributed by atoms with Crippen LogP contribution in [0.15, 0.2) is 0 Å². The predicted octanol–water partition coefficient (Wildman–Crippen LogP) is 1.96. The monoisotopic (exact) mass is 196 g/mol. The van der Waals surface area contributed by atoms with Crippen LogP contribution in [-0.4, -0.2) is 48.1 Å². The molecule has 0 bridgehead atoms. The molecule has 2 saturated heterocycles. The van der Waals surface area contributed by atoms with Gasteiger partial charge in [-0.05, 0) is 38.8 Å². The summed E-state index contributed by atoms with van der Waals surface area (Å²) >= 11 is 0. The first-order valence-electron chi connectivity index (χ1n) is 6.33. The predicted molar refractivity (Wildman–Crippen MR) is 60.5 cm³/mol. The quantitative estimate of drug-likeness (QED) is 0.453. The van der Waals surface area contributed by atoms with Crippen molar-refractivity contribution < 1.29 is 0 Å². The van der Waals surface area contributed by atoms with Gasteiger partial charge in [0.1, 0.15) is 0 Å². The Morgan fingerprint density at radius 2 is 1.29 bits per heavy atom. The molecule has 4 unspecified atom stereocenters. The molecule has 0 amide bonds. The van der Waals surface area contributed by atoms with Crippen molar-refractivity contribution in [3.05, 3.63) is 0 Å². The Kier molecular flexibility index (Phi) is 3.45. The van der Waals surface area contributed by atoms with E-state index in [1.807, 2.05) is 0 Å². The molecular weight excluding hydrogens is 172 g/mol. The topological polar surface area (TPSA) is 6.02 Å². The normalized spacial score (nSPS) is 39.9. The molecule has 0 spiro atoms. The Morgan fingerprint density at radius 1 is 0.857 bits per heavy atom. The zero-order valence-corrected chi connectivity index (χ0v) is 9.71. The summed E-state index contributed by atoms with van der Waals surface area (Å²) in [7, 11) is 0. The molecule has 14 heavy (non-hydrogen) atoms. The maximum Gasteiger partial charge on any atom is 0.0221 e. The second kappa shape index (κ2) is 4.63. The van der Waals surface area contributed by atoms with Crippen LogP contribution in [0.5, 0.6) is 0 Å². The lowest BCUT2D eigenvalue weighted by molar-refractivity contribution is 0.430. The summed E-state index contributed by atoms with van der Waals surface area (Å²) in [5.74, 6) is 0. The van der Waals surface area contributed by atoms with E-state index in [2.05, 4.69) is 23.6 Å². The van der Waals surface area contributed by atoms with E-state index < -0.39 is 0 Å². The Labute approximate surface area is 88.3 Å². The first kappa shape index (κ1) is 10.4. The molecule has 2 aliphatic rings. The highest BCUT2D eigenvalue weighted by Crippen LogP contribution is 2.23. The third kappa shape index (κ3) is 2.71. The van der Waals surface area contributed by atoms with Crippen LogP contribution in [0.1, 0.15) is 39.5 Å². The summed E-state index contributed by atoms with van der Waals surface area (Å²) in [5, 5.41) is 0. The number of nitrogens with zero attached hydrogens (tertiary/aromatic N) is 2. The second-order valence-corrected chi connectivity index (χ2v) is 4.82. The van der Waals surface area contributed by atoms with Crippen LogP contribution >= 0.6 is 0 Å². The lowest BCUT2D eigenvalue weighted by atomic mass is 10.3. The van der Waals surface area contributed by atoms with Gasteiger partial charge in [0.15, 0.2) is 0 Å². The zero-order valence-electron chi connectivity index (χ0n) is 9.71. The van der Waals surface area contributed by atoms with Crippen molar-refractivity contribution in [1.82, 2.24) is 9.80 Å². The minimum atomic E-state index is 0.944. The van der Waals surface area contributed by atoms with E-state index in [4.69, 9.17) is 0 Å². The van der Waals surface area contributed by atoms with Gasteiger partial charge in [-0.15, -0.1) is 0 Å². The smallest absolute Gasteiger partial charge is 0.0221 e. The molecule has 2 aliphatic heterocycles. The third-order valence-corrected chi connectivity index (χ3v) is 3.74. The van der Waals surface area contributed by atoms with Crippen LogP contribution in [-0.2, 0) is 0 Å². The van der Waals surface area contributed by atoms with E-state index >= 15 is 0 Å². The van der Waals surface area contributed by atoms with Gasteiger partial charge in [0.2, 0.25) is 0 Å². The van der Waals surface area contributed by atoms with Crippen molar-refractivity contribution in [3.8, 4) is 0 Å². The number of unbranched alkanes of at least 4 members (excludes halogenated alkanes) is 1. The largest absolute Gasteiger partial charge is 0.298 e. The maximum absolute atomic E-state index is 2.61. The Hall–Kier alpha value is -0.0800. The minimum absolute atomic E-state index is 0.944. The van der Waals surface area contributed by atoms with Gasteiger partial charge < -0.3 is 0 Å². The van der Waals surface area contributed by atoms with Crippen molar-refractivity contribution in [2.24, 2.45) is 0 Å². The summed E-state index contributed by atoms with van der Waals surface area (Å²) in [4.78, 5) is 5.22. The molecule has 2 heteroatoms. The second-order valence-electron chi connectivity index (χ2n) is 4.82. The molecule has 0 N–H and O–H groups in total. The SMILES string of the molecule is CCC1CN1CCCCN1CC1CC. The molecule has 2 rings (SSSR count). The fourth-order valence-corrected chi connectivity index (χ4v) is 2.40. The molecule has 0 aromatic carbocycles. The van der Waals surface area contributed by atoms with Gasteiger partial charge in [0, 0.05) is 25.2 Å². The maximum atomic E-state index is 2.61. The van der Waals surface area contributed by atoms with Crippen molar-refractivity contribution in [3.63, 3.8) is 0 Å². The molecular formula is C12H24N2. The van der Waals surface area contributed by atoms with Crippen LogP contribution in [0.2, 0.25) is 0 Å². The fraction of sp³-hybridized carbons (Fsp3) is 1.00. The molecule has 2 fully saturated rings. The number of hydrogen-bond acceptors (Lipinski definition) is 2. The first-order valence-corrected chi connectivity index (χ1v) is 6.33. The summed E-state index contributed by atoms with van der Waals surface area (Å²) in [6.07, 6.45) is 5.51. The van der Waals surface area contributed by atoms with Gasteiger partial charge in [-0.1, -0.05) is 13.8 Å². The molecule has 0 radical (unpaired) electrons. The van der Waals surface area contributed by atoms with Gasteiger partial charge >= 0.3 is 0 Å². The molecule has 0 aromatic heterocycles. The van der Waals surface area contributed by atoms with E-state index in [1.165, 1.54) is 51.9 Å². The van der Waals surface area contributed by atoms with Gasteiger partial charge in [-0.3, -0.25) is 9.80 Å². The third-order valence-electron chi connectivity index (χ3n) is 3.74. The van der Waals surface area contributed by atoms with Crippen molar-refractivity contribution in [1.29, 1.82) is 0 Å². The van der Waals surface area contributed by atoms with E-state index in [1.54, 1.807) is 0 Å². The van der Waals surface area contributed by atoms with Crippen molar-refractivity contribution in [2.45, 2.75) is 51.6 Å². The van der Waals surface area contributed by atoms with Crippen molar-refractivity contribution >= 4 is 0 Å². The van der Waals surface area contributed by atoms with Crippen LogP contribution in [0, 0.1) is 0 Å². The van der Waals surface area contributed by atoms with E-state index in [-0.39, 0.29) is 0 Å². The van der Waals surface area contributed by atoms with Gasteiger partial charge in [-0.2, -0.15) is 0 Å². The molecule has 4 atom stereocenters. The standard InChI is InChI=1S/C12H24N2/c1-3-11-9-13(11)7-5-6-8-14-10-12(14)4-2/h11-12H,3-10H2,1-2H3. The summed E-state index contributed by atoms with van der Waals surface area (Å²) < 4.78 is 0. The molecule has 0 aromatic rings. The Bertz CT molecular complexity index is 161. The summed E-state index contributed by atoms with van der Waals surface area (Å²) in [6.45, 7) is 10.0. The van der Waals surface area contributed by atoms with E-state index in [0.29, 0.717) is 0 Å². The van der Waals surface area contributed by atoms with Gasteiger partial charge in [-0.25, -0.2) is 0 Å². The lowest BCUT2D eigenvalue weighted by Gasteiger charge is -2.04. The van der Waals surface area contributed by atoms with Gasteiger partial charge in [0.25, 0.3) is 0 Å². The average molecular weight is 196 g/mol. The van der Waals surface area contributed by atoms with E-state index in [9.17, 15) is 0 Å². The molecule has 2 nitrogen and oxygen atoms in total. The summed E-state index contributed by atoms with van der Waals surface area (Å²) in [5.41, 5.74) is 0. The molecule has 0 saturated carbocycles. The molecule has 82 valence electrons. The zero-order chi connectivity index (χ0) is 9.97.